The summed E-state index contributed by atoms with van der Waals surface area (Å²) < 4.78 is 5.68. The molecule has 1 aromatic rings. The van der Waals surface area contributed by atoms with Gasteiger partial charge >= 0.3 is 0 Å². The van der Waals surface area contributed by atoms with E-state index < -0.39 is 0 Å². The lowest BCUT2D eigenvalue weighted by atomic mass is 10.1. The van der Waals surface area contributed by atoms with Gasteiger partial charge in [0.2, 0.25) is 11.8 Å². The molecule has 1 aliphatic rings. The smallest absolute Gasteiger partial charge is 0.220 e. The van der Waals surface area contributed by atoms with E-state index in [1.807, 2.05) is 24.3 Å². The van der Waals surface area contributed by atoms with Crippen LogP contribution in [0.2, 0.25) is 0 Å². The first-order valence-electron chi connectivity index (χ1n) is 9.98. The molecule has 0 atom stereocenters. The number of thioether (sulfide) groups is 1. The number of carbonyl (C=O) groups is 2. The van der Waals surface area contributed by atoms with E-state index in [1.54, 1.807) is 6.20 Å². The fourth-order valence-corrected chi connectivity index (χ4v) is 3.57. The average molecular weight is 406 g/mol. The normalized spacial score (nSPS) is 14.9. The first-order chi connectivity index (χ1) is 13.6. The number of ether oxygens (including phenoxy) is 1. The van der Waals surface area contributed by atoms with E-state index in [1.165, 1.54) is 56.6 Å². The third-order valence-corrected chi connectivity index (χ3v) is 5.32. The average Bonchev–Trinajstić information content (AvgIpc) is 2.69. The number of piperidine rings is 1. The Bertz CT molecular complexity index is 646. The minimum Gasteiger partial charge on any atom is -0.473 e. The highest BCUT2D eigenvalue weighted by atomic mass is 32.2. The number of likely N-dealkylation sites (tertiary alicyclic amines) is 1. The standard InChI is InChI=1S/C21H31N3O3S/c1-18(25)28-15-7-8-20(26)22-10-3-6-14-27-21-16-19(9-11-23-21)17-24-12-4-2-5-13-24/h3,6,9,11,16H,2,4-5,7-8,10,12-15,17H2,1H3,(H,22,26)/b6-3-. The molecule has 0 aliphatic carbocycles. The highest BCUT2D eigenvalue weighted by Crippen LogP contribution is 2.15. The third kappa shape index (κ3) is 9.90. The zero-order chi connectivity index (χ0) is 20.0. The van der Waals surface area contributed by atoms with Crippen LogP contribution in [0.25, 0.3) is 0 Å². The maximum absolute atomic E-state index is 11.7. The molecule has 0 saturated carbocycles. The maximum atomic E-state index is 11.7. The molecule has 0 spiro atoms. The van der Waals surface area contributed by atoms with Gasteiger partial charge in [0.25, 0.3) is 0 Å². The van der Waals surface area contributed by atoms with E-state index in [0.29, 0.717) is 37.6 Å². The first-order valence-corrected chi connectivity index (χ1v) is 11.0. The minimum atomic E-state index is 0.00167. The van der Waals surface area contributed by atoms with Crippen LogP contribution < -0.4 is 10.1 Å². The molecule has 7 heteroatoms. The van der Waals surface area contributed by atoms with E-state index in [4.69, 9.17) is 4.74 Å². The zero-order valence-electron chi connectivity index (χ0n) is 16.7. The number of nitrogens with one attached hydrogen (secondary N) is 1. The predicted octanol–water partition coefficient (Wildman–Crippen LogP) is 3.18. The van der Waals surface area contributed by atoms with E-state index in [0.717, 1.165) is 6.54 Å². The van der Waals surface area contributed by atoms with Crippen molar-refractivity contribution in [2.75, 3.05) is 32.0 Å². The fourth-order valence-electron chi connectivity index (χ4n) is 3.00. The summed E-state index contributed by atoms with van der Waals surface area (Å²) in [5.74, 6) is 1.32. The SMILES string of the molecule is CC(=O)SCCCC(=O)NC/C=C\COc1cc(CN2CCCCC2)ccn1. The van der Waals surface area contributed by atoms with E-state index in [9.17, 15) is 9.59 Å². The summed E-state index contributed by atoms with van der Waals surface area (Å²) in [4.78, 5) is 29.2. The Morgan fingerprint density at radius 3 is 2.89 bits per heavy atom. The van der Waals surface area contributed by atoms with E-state index >= 15 is 0 Å². The van der Waals surface area contributed by atoms with Crippen molar-refractivity contribution in [3.05, 3.63) is 36.0 Å². The van der Waals surface area contributed by atoms with Gasteiger partial charge in [-0.15, -0.1) is 0 Å². The number of nitrogens with zero attached hydrogens (tertiary/aromatic N) is 2. The number of amides is 1. The molecule has 0 bridgehead atoms. The molecule has 6 nitrogen and oxygen atoms in total. The molecule has 1 fully saturated rings. The van der Waals surface area contributed by atoms with E-state index in [-0.39, 0.29) is 11.0 Å². The molecule has 0 aromatic carbocycles. The summed E-state index contributed by atoms with van der Waals surface area (Å²) >= 11 is 1.26. The van der Waals surface area contributed by atoms with Crippen LogP contribution in [0, 0.1) is 0 Å². The Hall–Kier alpha value is -1.86. The molecule has 1 aromatic heterocycles. The topological polar surface area (TPSA) is 71.5 Å². The summed E-state index contributed by atoms with van der Waals surface area (Å²) in [5.41, 5.74) is 1.23. The summed E-state index contributed by atoms with van der Waals surface area (Å²) in [5, 5.41) is 2.92. The van der Waals surface area contributed by atoms with Gasteiger partial charge in [0.15, 0.2) is 5.12 Å². The number of rotatable bonds is 11. The van der Waals surface area contributed by atoms with Crippen molar-refractivity contribution in [3.63, 3.8) is 0 Å². The van der Waals surface area contributed by atoms with E-state index in [2.05, 4.69) is 15.2 Å². The fraction of sp³-hybridized carbons (Fsp3) is 0.571. The van der Waals surface area contributed by atoms with Gasteiger partial charge in [-0.1, -0.05) is 24.3 Å². The molecule has 1 N–H and O–H groups in total. The number of carbonyl (C=O) groups excluding carboxylic acids is 2. The Morgan fingerprint density at radius 1 is 1.29 bits per heavy atom. The van der Waals surface area contributed by atoms with Crippen LogP contribution in [0.3, 0.4) is 0 Å². The molecule has 1 aliphatic heterocycles. The summed E-state index contributed by atoms with van der Waals surface area (Å²) in [6.07, 6.45) is 10.6. The van der Waals surface area contributed by atoms with Crippen molar-refractivity contribution in [3.8, 4) is 5.88 Å². The van der Waals surface area contributed by atoms with Crippen molar-refractivity contribution >= 4 is 22.8 Å². The van der Waals surface area contributed by atoms with Gasteiger partial charge in [-0.2, -0.15) is 0 Å². The molecule has 2 heterocycles. The summed E-state index contributed by atoms with van der Waals surface area (Å²) in [6, 6.07) is 4.05. The number of hydrogen-bond acceptors (Lipinski definition) is 6. The van der Waals surface area contributed by atoms with Crippen LogP contribution in [-0.2, 0) is 16.1 Å². The summed E-state index contributed by atoms with van der Waals surface area (Å²) in [6.45, 7) is 5.73. The van der Waals surface area contributed by atoms with Crippen LogP contribution in [0.15, 0.2) is 30.5 Å². The molecule has 0 unspecified atom stereocenters. The van der Waals surface area contributed by atoms with Crippen LogP contribution in [-0.4, -0.2) is 52.9 Å². The Kier molecular flexibility index (Phi) is 10.7. The van der Waals surface area contributed by atoms with Gasteiger partial charge in [-0.25, -0.2) is 4.98 Å². The monoisotopic (exact) mass is 405 g/mol. The quantitative estimate of drug-likeness (QED) is 0.450. The van der Waals surface area contributed by atoms with Crippen LogP contribution in [0.5, 0.6) is 5.88 Å². The van der Waals surface area contributed by atoms with Crippen molar-refractivity contribution in [2.45, 2.75) is 45.6 Å². The molecule has 1 saturated heterocycles. The number of aromatic nitrogens is 1. The lowest BCUT2D eigenvalue weighted by Crippen LogP contribution is -2.29. The van der Waals surface area contributed by atoms with Crippen LogP contribution in [0.4, 0.5) is 0 Å². The first kappa shape index (κ1) is 22.4. The second-order valence-corrected chi connectivity index (χ2v) is 8.14. The Balaban J connectivity index is 1.58. The molecule has 28 heavy (non-hydrogen) atoms. The predicted molar refractivity (Wildman–Crippen MR) is 113 cm³/mol. The number of hydrogen-bond donors (Lipinski definition) is 1. The minimum absolute atomic E-state index is 0.00167. The molecular weight excluding hydrogens is 374 g/mol. The van der Waals surface area contributed by atoms with Gasteiger partial charge in [0, 0.05) is 44.5 Å². The van der Waals surface area contributed by atoms with Crippen molar-refractivity contribution < 1.29 is 14.3 Å². The molecule has 154 valence electrons. The highest BCUT2D eigenvalue weighted by molar-refractivity contribution is 8.13. The number of pyridine rings is 1. The zero-order valence-corrected chi connectivity index (χ0v) is 17.5. The van der Waals surface area contributed by atoms with Gasteiger partial charge in [0.1, 0.15) is 6.61 Å². The second kappa shape index (κ2) is 13.3. The Morgan fingerprint density at radius 2 is 2.11 bits per heavy atom. The third-order valence-electron chi connectivity index (χ3n) is 4.42. The molecule has 0 radical (unpaired) electrons. The molecule has 2 rings (SSSR count). The highest BCUT2D eigenvalue weighted by Gasteiger charge is 2.10. The molecule has 1 amide bonds. The second-order valence-electron chi connectivity index (χ2n) is 6.87. The van der Waals surface area contributed by atoms with Crippen molar-refractivity contribution in [1.29, 1.82) is 0 Å². The molecular formula is C21H31N3O3S. The lowest BCUT2D eigenvalue weighted by molar-refractivity contribution is -0.120. The largest absolute Gasteiger partial charge is 0.473 e. The van der Waals surface area contributed by atoms with Crippen molar-refractivity contribution in [1.82, 2.24) is 15.2 Å². The lowest BCUT2D eigenvalue weighted by Gasteiger charge is -2.26. The van der Waals surface area contributed by atoms with Gasteiger partial charge in [0.05, 0.1) is 0 Å². The van der Waals surface area contributed by atoms with Gasteiger partial charge in [-0.3, -0.25) is 14.5 Å². The van der Waals surface area contributed by atoms with Crippen molar-refractivity contribution in [2.24, 2.45) is 0 Å². The van der Waals surface area contributed by atoms with Gasteiger partial charge < -0.3 is 10.1 Å². The summed E-state index contributed by atoms with van der Waals surface area (Å²) in [7, 11) is 0. The Labute approximate surface area is 172 Å². The van der Waals surface area contributed by atoms with Crippen LogP contribution >= 0.6 is 11.8 Å². The maximum Gasteiger partial charge on any atom is 0.220 e. The van der Waals surface area contributed by atoms with Crippen LogP contribution in [0.1, 0.15) is 44.6 Å². The van der Waals surface area contributed by atoms with Gasteiger partial charge in [-0.05, 0) is 50.1 Å².